The fraction of sp³-hybridized carbons (Fsp3) is 0.0556. The molecule has 0 aliphatic carbocycles. The number of nitrogens with zero attached hydrogens (tertiary/aromatic N) is 1. The van der Waals surface area contributed by atoms with Crippen molar-refractivity contribution >= 4 is 0 Å². The van der Waals surface area contributed by atoms with Gasteiger partial charge < -0.3 is 5.11 Å². The molecule has 0 saturated heterocycles. The maximum absolute atomic E-state index is 14.2. The van der Waals surface area contributed by atoms with Gasteiger partial charge in [0, 0.05) is 11.1 Å². The average Bonchev–Trinajstić information content (AvgIpc) is 2.49. The van der Waals surface area contributed by atoms with Crippen LogP contribution in [-0.4, -0.2) is 10.1 Å². The van der Waals surface area contributed by atoms with Gasteiger partial charge in [0.15, 0.2) is 0 Å². The Bertz CT molecular complexity index is 764. The summed E-state index contributed by atoms with van der Waals surface area (Å²) in [6, 6.07) is 17.7. The predicted molar refractivity (Wildman–Crippen MR) is 81.5 cm³/mol. The topological polar surface area (TPSA) is 33.1 Å². The van der Waals surface area contributed by atoms with Gasteiger partial charge in [0.2, 0.25) is 5.95 Å². The summed E-state index contributed by atoms with van der Waals surface area (Å²) in [6.45, 7) is 1.99. The Balaban J connectivity index is 1.99. The number of halogens is 1. The van der Waals surface area contributed by atoms with E-state index >= 15 is 0 Å². The van der Waals surface area contributed by atoms with Crippen LogP contribution in [-0.2, 0) is 0 Å². The first-order valence-corrected chi connectivity index (χ1v) is 6.66. The fourth-order valence-corrected chi connectivity index (χ4v) is 2.18. The first-order chi connectivity index (χ1) is 10.1. The van der Waals surface area contributed by atoms with E-state index in [0.29, 0.717) is 11.3 Å². The lowest BCUT2D eigenvalue weighted by atomic mass is 10.0. The third kappa shape index (κ3) is 2.77. The van der Waals surface area contributed by atoms with E-state index in [4.69, 9.17) is 0 Å². The molecule has 0 atom stereocenters. The van der Waals surface area contributed by atoms with Crippen LogP contribution in [0.4, 0.5) is 4.39 Å². The molecule has 3 aromatic rings. The second kappa shape index (κ2) is 5.37. The molecule has 104 valence electrons. The molecule has 0 unspecified atom stereocenters. The number of phenolic OH excluding ortho intramolecular Hbond substituents is 1. The number of hydrogen-bond donors (Lipinski definition) is 1. The highest BCUT2D eigenvalue weighted by atomic mass is 19.1. The zero-order valence-electron chi connectivity index (χ0n) is 11.5. The zero-order chi connectivity index (χ0) is 14.8. The lowest BCUT2D eigenvalue weighted by Crippen LogP contribution is -1.92. The van der Waals surface area contributed by atoms with Crippen molar-refractivity contribution in [1.29, 1.82) is 0 Å². The minimum atomic E-state index is -0.496. The molecular weight excluding hydrogens is 265 g/mol. The molecule has 1 N–H and O–H groups in total. The van der Waals surface area contributed by atoms with Gasteiger partial charge in [-0.05, 0) is 48.9 Å². The van der Waals surface area contributed by atoms with E-state index in [-0.39, 0.29) is 5.75 Å². The Kier molecular flexibility index (Phi) is 3.40. The lowest BCUT2D eigenvalue weighted by molar-refractivity contribution is 0.475. The number of aromatic nitrogens is 1. The van der Waals surface area contributed by atoms with Gasteiger partial charge in [-0.2, -0.15) is 4.39 Å². The van der Waals surface area contributed by atoms with Crippen molar-refractivity contribution in [1.82, 2.24) is 4.98 Å². The first kappa shape index (κ1) is 13.3. The molecule has 2 aromatic carbocycles. The number of rotatable bonds is 2. The Morgan fingerprint density at radius 2 is 1.43 bits per heavy atom. The summed E-state index contributed by atoms with van der Waals surface area (Å²) in [5, 5.41) is 9.28. The summed E-state index contributed by atoms with van der Waals surface area (Å²) >= 11 is 0. The van der Waals surface area contributed by atoms with Gasteiger partial charge in [0.25, 0.3) is 0 Å². The van der Waals surface area contributed by atoms with E-state index < -0.39 is 5.95 Å². The van der Waals surface area contributed by atoms with Gasteiger partial charge >= 0.3 is 0 Å². The molecule has 2 nitrogen and oxygen atoms in total. The van der Waals surface area contributed by atoms with Crippen LogP contribution in [0, 0.1) is 12.9 Å². The Morgan fingerprint density at radius 1 is 0.810 bits per heavy atom. The quantitative estimate of drug-likeness (QED) is 0.697. The molecule has 21 heavy (non-hydrogen) atoms. The molecule has 3 heteroatoms. The van der Waals surface area contributed by atoms with Crippen LogP contribution in [0.5, 0.6) is 5.75 Å². The highest BCUT2D eigenvalue weighted by molar-refractivity contribution is 5.67. The minimum absolute atomic E-state index is 0.176. The molecule has 0 spiro atoms. The smallest absolute Gasteiger partial charge is 0.221 e. The second-order valence-corrected chi connectivity index (χ2v) is 4.95. The van der Waals surface area contributed by atoms with Crippen molar-refractivity contribution in [3.8, 4) is 28.1 Å². The largest absolute Gasteiger partial charge is 0.508 e. The summed E-state index contributed by atoms with van der Waals surface area (Å²) in [6.07, 6.45) is 0. The Labute approximate surface area is 122 Å². The molecule has 1 heterocycles. The summed E-state index contributed by atoms with van der Waals surface area (Å²) < 4.78 is 14.2. The van der Waals surface area contributed by atoms with E-state index in [2.05, 4.69) is 4.98 Å². The number of aryl methyl sites for hydroxylation is 1. The standard InChI is InChI=1S/C18H14FNO/c1-12-2-4-13(5-3-12)16-10-11-17(20-18(16)19)14-6-8-15(21)9-7-14/h2-11,21H,1H3. The Hall–Kier alpha value is -2.68. The van der Waals surface area contributed by atoms with Gasteiger partial charge in [-0.1, -0.05) is 29.8 Å². The van der Waals surface area contributed by atoms with Crippen molar-refractivity contribution < 1.29 is 9.50 Å². The highest BCUT2D eigenvalue weighted by Crippen LogP contribution is 2.26. The molecule has 0 saturated carbocycles. The molecule has 1 aromatic heterocycles. The fourth-order valence-electron chi connectivity index (χ4n) is 2.18. The van der Waals surface area contributed by atoms with Crippen LogP contribution < -0.4 is 0 Å². The molecule has 3 rings (SSSR count). The summed E-state index contributed by atoms with van der Waals surface area (Å²) in [5.41, 5.74) is 3.73. The average molecular weight is 279 g/mol. The van der Waals surface area contributed by atoms with Crippen molar-refractivity contribution in [3.63, 3.8) is 0 Å². The number of benzene rings is 2. The molecule has 0 aliphatic rings. The minimum Gasteiger partial charge on any atom is -0.508 e. The predicted octanol–water partition coefficient (Wildman–Crippen LogP) is 4.57. The van der Waals surface area contributed by atoms with Crippen LogP contribution >= 0.6 is 0 Å². The van der Waals surface area contributed by atoms with Crippen LogP contribution in [0.15, 0.2) is 60.7 Å². The van der Waals surface area contributed by atoms with Crippen molar-refractivity contribution in [3.05, 3.63) is 72.2 Å². The van der Waals surface area contributed by atoms with E-state index in [9.17, 15) is 9.50 Å². The van der Waals surface area contributed by atoms with E-state index in [1.54, 1.807) is 36.4 Å². The number of pyridine rings is 1. The van der Waals surface area contributed by atoms with Gasteiger partial charge in [0.05, 0.1) is 5.69 Å². The third-order valence-corrected chi connectivity index (χ3v) is 3.37. The summed E-state index contributed by atoms with van der Waals surface area (Å²) in [7, 11) is 0. The zero-order valence-corrected chi connectivity index (χ0v) is 11.5. The van der Waals surface area contributed by atoms with Gasteiger partial charge in [0.1, 0.15) is 5.75 Å². The van der Waals surface area contributed by atoms with Crippen molar-refractivity contribution in [2.24, 2.45) is 0 Å². The normalized spacial score (nSPS) is 10.6. The Morgan fingerprint density at radius 3 is 2.05 bits per heavy atom. The second-order valence-electron chi connectivity index (χ2n) is 4.95. The molecule has 0 fully saturated rings. The van der Waals surface area contributed by atoms with Crippen molar-refractivity contribution in [2.45, 2.75) is 6.92 Å². The SMILES string of the molecule is Cc1ccc(-c2ccc(-c3ccc(O)cc3)nc2F)cc1. The van der Waals surface area contributed by atoms with Gasteiger partial charge in [-0.15, -0.1) is 0 Å². The van der Waals surface area contributed by atoms with E-state index in [0.717, 1.165) is 16.7 Å². The molecule has 0 radical (unpaired) electrons. The maximum atomic E-state index is 14.2. The van der Waals surface area contributed by atoms with Gasteiger partial charge in [-0.3, -0.25) is 0 Å². The van der Waals surface area contributed by atoms with Crippen LogP contribution in [0.3, 0.4) is 0 Å². The summed E-state index contributed by atoms with van der Waals surface area (Å²) in [5.74, 6) is -0.320. The molecule has 0 bridgehead atoms. The van der Waals surface area contributed by atoms with E-state index in [1.807, 2.05) is 31.2 Å². The number of aromatic hydroxyl groups is 1. The summed E-state index contributed by atoms with van der Waals surface area (Å²) in [4.78, 5) is 4.02. The maximum Gasteiger partial charge on any atom is 0.221 e. The lowest BCUT2D eigenvalue weighted by Gasteiger charge is -2.06. The van der Waals surface area contributed by atoms with Crippen LogP contribution in [0.1, 0.15) is 5.56 Å². The van der Waals surface area contributed by atoms with Crippen LogP contribution in [0.2, 0.25) is 0 Å². The number of phenols is 1. The molecular formula is C18H14FNO. The van der Waals surface area contributed by atoms with E-state index in [1.165, 1.54) is 0 Å². The highest BCUT2D eigenvalue weighted by Gasteiger charge is 2.09. The third-order valence-electron chi connectivity index (χ3n) is 3.37. The van der Waals surface area contributed by atoms with Gasteiger partial charge in [-0.25, -0.2) is 4.98 Å². The van der Waals surface area contributed by atoms with Crippen LogP contribution in [0.25, 0.3) is 22.4 Å². The van der Waals surface area contributed by atoms with Crippen molar-refractivity contribution in [2.75, 3.05) is 0 Å². The monoisotopic (exact) mass is 279 g/mol. The first-order valence-electron chi connectivity index (χ1n) is 6.66. The molecule has 0 amide bonds. The number of hydrogen-bond acceptors (Lipinski definition) is 2. The molecule has 0 aliphatic heterocycles.